The Hall–Kier alpha value is -2.59. The molecule has 4 heteroatoms. The molecule has 0 heterocycles. The molecule has 2 aromatic rings. The molecule has 0 aromatic heterocycles. The summed E-state index contributed by atoms with van der Waals surface area (Å²) in [6.45, 7) is 8.63. The summed E-state index contributed by atoms with van der Waals surface area (Å²) in [5, 5.41) is 12.9. The predicted octanol–water partition coefficient (Wildman–Crippen LogP) is 5.44. The van der Waals surface area contributed by atoms with Crippen molar-refractivity contribution in [1.82, 2.24) is 0 Å². The van der Waals surface area contributed by atoms with Crippen molar-refractivity contribution in [3.05, 3.63) is 65.7 Å². The Morgan fingerprint density at radius 3 is 2.22 bits per heavy atom. The van der Waals surface area contributed by atoms with Gasteiger partial charge in [-0.05, 0) is 35.7 Å². The Kier molecular flexibility index (Phi) is 10.6. The third-order valence-electron chi connectivity index (χ3n) is 3.71. The van der Waals surface area contributed by atoms with Gasteiger partial charge in [0.1, 0.15) is 25.2 Å². The maximum absolute atomic E-state index is 8.74. The van der Waals surface area contributed by atoms with Crippen molar-refractivity contribution in [2.75, 3.05) is 20.3 Å². The van der Waals surface area contributed by atoms with Crippen molar-refractivity contribution in [3.63, 3.8) is 0 Å². The molecule has 1 N–H and O–H groups in total. The van der Waals surface area contributed by atoms with Crippen LogP contribution < -0.4 is 4.74 Å². The summed E-state index contributed by atoms with van der Waals surface area (Å²) >= 11 is 0. The molecule has 0 radical (unpaired) electrons. The summed E-state index contributed by atoms with van der Waals surface area (Å²) < 4.78 is 5.74. The van der Waals surface area contributed by atoms with E-state index in [1.54, 1.807) is 7.11 Å². The zero-order chi connectivity index (χ0) is 20.1. The minimum atomic E-state index is 0.157. The fraction of sp³-hybridized carbons (Fsp3) is 0.348. The van der Waals surface area contributed by atoms with Gasteiger partial charge in [-0.1, -0.05) is 69.3 Å². The highest BCUT2D eigenvalue weighted by Gasteiger charge is 2.25. The van der Waals surface area contributed by atoms with Gasteiger partial charge >= 0.3 is 0 Å². The monoisotopic (exact) mass is 369 g/mol. The average molecular weight is 370 g/mol. The number of ether oxygens (including phenoxy) is 1. The maximum Gasteiger partial charge on any atom is 0.120 e. The zero-order valence-corrected chi connectivity index (χ0v) is 17.0. The molecule has 1 aliphatic rings. The van der Waals surface area contributed by atoms with E-state index >= 15 is 0 Å². The van der Waals surface area contributed by atoms with Crippen LogP contribution >= 0.6 is 0 Å². The van der Waals surface area contributed by atoms with E-state index in [2.05, 4.69) is 17.3 Å². The molecule has 2 aromatic carbocycles. The quantitative estimate of drug-likeness (QED) is 0.465. The van der Waals surface area contributed by atoms with Crippen LogP contribution in [0.15, 0.2) is 59.8 Å². The Morgan fingerprint density at radius 2 is 1.56 bits per heavy atom. The highest BCUT2D eigenvalue weighted by molar-refractivity contribution is 6.24. The minimum absolute atomic E-state index is 0.157. The van der Waals surface area contributed by atoms with E-state index < -0.39 is 0 Å². The summed E-state index contributed by atoms with van der Waals surface area (Å²) in [4.78, 5) is 5.02. The smallest absolute Gasteiger partial charge is 0.120 e. The van der Waals surface area contributed by atoms with E-state index in [0.717, 1.165) is 33.7 Å². The topological polar surface area (TPSA) is 51.0 Å². The molecule has 0 unspecified atom stereocenters. The van der Waals surface area contributed by atoms with E-state index in [9.17, 15) is 0 Å². The molecule has 0 aliphatic heterocycles. The van der Waals surface area contributed by atoms with E-state index in [1.165, 1.54) is 0 Å². The normalized spacial score (nSPS) is 12.4. The standard InChI is InChI=1S/C19H19NO3.2C2H6/c1-22-20-19-17-8-4-3-7-15(17)16-10-9-14(13-18(16)19)23-12-6-2-5-11-21;2*1-2/h2-4,6-10,13,21H,5,11-12H2,1H3;2*1-2H3/b6-2-,20-19+;;. The van der Waals surface area contributed by atoms with Gasteiger partial charge in [0.15, 0.2) is 0 Å². The van der Waals surface area contributed by atoms with E-state index in [-0.39, 0.29) is 6.61 Å². The molecule has 0 spiro atoms. The lowest BCUT2D eigenvalue weighted by molar-refractivity contribution is 0.214. The summed E-state index contributed by atoms with van der Waals surface area (Å²) in [6.07, 6.45) is 4.46. The number of benzene rings is 2. The summed E-state index contributed by atoms with van der Waals surface area (Å²) in [6, 6.07) is 14.2. The highest BCUT2D eigenvalue weighted by atomic mass is 16.6. The van der Waals surface area contributed by atoms with E-state index in [0.29, 0.717) is 13.0 Å². The van der Waals surface area contributed by atoms with Crippen LogP contribution in [-0.4, -0.2) is 31.1 Å². The predicted molar refractivity (Wildman–Crippen MR) is 114 cm³/mol. The molecule has 3 rings (SSSR count). The lowest BCUT2D eigenvalue weighted by Crippen LogP contribution is -2.00. The molecule has 146 valence electrons. The second kappa shape index (κ2) is 12.7. The number of aliphatic hydroxyl groups is 1. The van der Waals surface area contributed by atoms with Gasteiger partial charge in [0.05, 0.1) is 0 Å². The van der Waals surface area contributed by atoms with Gasteiger partial charge in [0.2, 0.25) is 0 Å². The number of fused-ring (bicyclic) bond motifs is 3. The third kappa shape index (κ3) is 5.69. The van der Waals surface area contributed by atoms with Crippen molar-refractivity contribution in [3.8, 4) is 16.9 Å². The van der Waals surface area contributed by atoms with Crippen LogP contribution in [0.4, 0.5) is 0 Å². The summed E-state index contributed by atoms with van der Waals surface area (Å²) in [5.41, 5.74) is 5.22. The third-order valence-corrected chi connectivity index (χ3v) is 3.71. The van der Waals surface area contributed by atoms with Crippen molar-refractivity contribution in [2.45, 2.75) is 34.1 Å². The molecule has 0 saturated carbocycles. The number of oxime groups is 1. The van der Waals surface area contributed by atoms with Crippen LogP contribution in [-0.2, 0) is 4.84 Å². The van der Waals surface area contributed by atoms with Crippen molar-refractivity contribution < 1.29 is 14.7 Å². The first-order valence-corrected chi connectivity index (χ1v) is 9.59. The first-order valence-electron chi connectivity index (χ1n) is 9.59. The van der Waals surface area contributed by atoms with Crippen LogP contribution in [0, 0.1) is 0 Å². The zero-order valence-electron chi connectivity index (χ0n) is 17.0. The van der Waals surface area contributed by atoms with Gasteiger partial charge < -0.3 is 14.7 Å². The number of rotatable bonds is 6. The average Bonchev–Trinajstić information content (AvgIpc) is 3.05. The number of aliphatic hydroxyl groups excluding tert-OH is 1. The van der Waals surface area contributed by atoms with Crippen LogP contribution in [0.1, 0.15) is 45.2 Å². The molecular formula is C23H31NO3. The fourth-order valence-corrected chi connectivity index (χ4v) is 2.71. The molecule has 4 nitrogen and oxygen atoms in total. The van der Waals surface area contributed by atoms with E-state index in [4.69, 9.17) is 14.7 Å². The molecule has 0 bridgehead atoms. The lowest BCUT2D eigenvalue weighted by atomic mass is 10.1. The Labute approximate surface area is 163 Å². The second-order valence-corrected chi connectivity index (χ2v) is 5.17. The van der Waals surface area contributed by atoms with Gasteiger partial charge in [-0.3, -0.25) is 0 Å². The number of hydrogen-bond donors (Lipinski definition) is 1. The van der Waals surface area contributed by atoms with Gasteiger partial charge in [0.25, 0.3) is 0 Å². The maximum atomic E-state index is 8.74. The lowest BCUT2D eigenvalue weighted by Gasteiger charge is -2.06. The number of nitrogens with zero attached hydrogens (tertiary/aromatic N) is 1. The minimum Gasteiger partial charge on any atom is -0.490 e. The molecule has 0 atom stereocenters. The fourth-order valence-electron chi connectivity index (χ4n) is 2.71. The van der Waals surface area contributed by atoms with Crippen LogP contribution in [0.2, 0.25) is 0 Å². The van der Waals surface area contributed by atoms with Gasteiger partial charge in [-0.2, -0.15) is 0 Å². The van der Waals surface area contributed by atoms with E-state index in [1.807, 2.05) is 70.2 Å². The van der Waals surface area contributed by atoms with Crippen LogP contribution in [0.25, 0.3) is 11.1 Å². The Morgan fingerprint density at radius 1 is 0.889 bits per heavy atom. The van der Waals surface area contributed by atoms with Crippen molar-refractivity contribution in [2.24, 2.45) is 5.16 Å². The molecule has 0 fully saturated rings. The Bertz CT molecular complexity index is 751. The van der Waals surface area contributed by atoms with Gasteiger partial charge in [0, 0.05) is 17.7 Å². The van der Waals surface area contributed by atoms with Gasteiger partial charge in [-0.15, -0.1) is 0 Å². The molecule has 27 heavy (non-hydrogen) atoms. The first-order chi connectivity index (χ1) is 13.3. The first kappa shape index (κ1) is 22.5. The highest BCUT2D eigenvalue weighted by Crippen LogP contribution is 2.38. The molecule has 1 aliphatic carbocycles. The SMILES string of the molecule is CC.CC.CO/N=C1\c2ccccc2-c2ccc(OC/C=C\CCO)cc21. The molecule has 0 amide bonds. The van der Waals surface area contributed by atoms with Gasteiger partial charge in [-0.25, -0.2) is 0 Å². The molecule has 0 saturated heterocycles. The summed E-state index contributed by atoms with van der Waals surface area (Å²) in [5.74, 6) is 0.786. The second-order valence-electron chi connectivity index (χ2n) is 5.17. The van der Waals surface area contributed by atoms with Crippen molar-refractivity contribution >= 4 is 5.71 Å². The van der Waals surface area contributed by atoms with Crippen LogP contribution in [0.5, 0.6) is 5.75 Å². The Balaban J connectivity index is 0.000000855. The number of hydrogen-bond acceptors (Lipinski definition) is 4. The van der Waals surface area contributed by atoms with Crippen molar-refractivity contribution in [1.29, 1.82) is 0 Å². The van der Waals surface area contributed by atoms with Crippen LogP contribution in [0.3, 0.4) is 0 Å². The molecular weight excluding hydrogens is 338 g/mol. The summed E-state index contributed by atoms with van der Waals surface area (Å²) in [7, 11) is 1.56. The largest absolute Gasteiger partial charge is 0.490 e.